The van der Waals surface area contributed by atoms with E-state index in [4.69, 9.17) is 9.16 Å². The second kappa shape index (κ2) is 4.49. The molecule has 0 bridgehead atoms. The predicted octanol–water partition coefficient (Wildman–Crippen LogP) is 3.41. The molecular formula is C14H24O3Si. The van der Waals surface area contributed by atoms with Gasteiger partial charge in [0, 0.05) is 18.6 Å². The first-order chi connectivity index (χ1) is 8.19. The molecule has 2 aliphatic rings. The lowest BCUT2D eigenvalue weighted by Crippen LogP contribution is -2.45. The van der Waals surface area contributed by atoms with Crippen molar-refractivity contribution in [1.29, 1.82) is 0 Å². The first-order valence-electron chi connectivity index (χ1n) is 6.78. The molecule has 0 aromatic heterocycles. The minimum atomic E-state index is -1.71. The van der Waals surface area contributed by atoms with Crippen molar-refractivity contribution in [2.75, 3.05) is 0 Å². The van der Waals surface area contributed by atoms with Gasteiger partial charge in [-0.2, -0.15) is 0 Å². The highest BCUT2D eigenvalue weighted by Crippen LogP contribution is 2.40. The van der Waals surface area contributed by atoms with Crippen LogP contribution >= 0.6 is 0 Å². The van der Waals surface area contributed by atoms with Crippen molar-refractivity contribution < 1.29 is 14.0 Å². The largest absolute Gasteiger partial charge is 0.455 e. The first-order valence-corrected chi connectivity index (χ1v) is 9.69. The van der Waals surface area contributed by atoms with Gasteiger partial charge in [0.1, 0.15) is 6.10 Å². The molecule has 18 heavy (non-hydrogen) atoms. The Balaban J connectivity index is 1.98. The van der Waals surface area contributed by atoms with E-state index in [1.165, 1.54) is 0 Å². The summed E-state index contributed by atoms with van der Waals surface area (Å²) < 4.78 is 11.7. The van der Waals surface area contributed by atoms with Crippen LogP contribution in [0.25, 0.3) is 0 Å². The van der Waals surface area contributed by atoms with Crippen molar-refractivity contribution in [3.63, 3.8) is 0 Å². The van der Waals surface area contributed by atoms with Gasteiger partial charge in [-0.1, -0.05) is 20.8 Å². The molecule has 3 nitrogen and oxygen atoms in total. The van der Waals surface area contributed by atoms with Crippen LogP contribution in [-0.4, -0.2) is 26.5 Å². The highest BCUT2D eigenvalue weighted by molar-refractivity contribution is 6.74. The number of ether oxygens (including phenoxy) is 1. The Kier molecular flexibility index (Phi) is 3.45. The number of carbonyl (C=O) groups excluding carboxylic acids is 1. The third-order valence-corrected chi connectivity index (χ3v) is 9.01. The molecule has 1 saturated carbocycles. The summed E-state index contributed by atoms with van der Waals surface area (Å²) in [4.78, 5) is 11.2. The van der Waals surface area contributed by atoms with Crippen LogP contribution in [0.5, 0.6) is 0 Å². The lowest BCUT2D eigenvalue weighted by Gasteiger charge is -2.41. The van der Waals surface area contributed by atoms with Crippen molar-refractivity contribution in [1.82, 2.24) is 0 Å². The van der Waals surface area contributed by atoms with Crippen LogP contribution in [0, 0.1) is 0 Å². The molecule has 0 saturated heterocycles. The zero-order chi connectivity index (χ0) is 13.6. The van der Waals surface area contributed by atoms with E-state index >= 15 is 0 Å². The van der Waals surface area contributed by atoms with Gasteiger partial charge in [-0.25, -0.2) is 4.79 Å². The highest BCUT2D eigenvalue weighted by Gasteiger charge is 2.41. The van der Waals surface area contributed by atoms with Crippen molar-refractivity contribution in [2.24, 2.45) is 0 Å². The fraction of sp³-hybridized carbons (Fsp3) is 0.786. The Morgan fingerprint density at radius 1 is 1.39 bits per heavy atom. The standard InChI is InChI=1S/C14H24O3Si/c1-14(2,3)18(4,5)17-11-7-6-10-8-13(15)16-12(10)9-11/h8,11-12H,6-7,9H2,1-5H3/t11-,12+/m1/s1. The normalized spacial score (nSPS) is 28.7. The highest BCUT2D eigenvalue weighted by atomic mass is 28.4. The van der Waals surface area contributed by atoms with Crippen LogP contribution in [0.4, 0.5) is 0 Å². The Morgan fingerprint density at radius 2 is 2.06 bits per heavy atom. The number of hydrogen-bond donors (Lipinski definition) is 0. The van der Waals surface area contributed by atoms with Gasteiger partial charge in [0.15, 0.2) is 8.32 Å². The lowest BCUT2D eigenvalue weighted by molar-refractivity contribution is -0.140. The van der Waals surface area contributed by atoms with Gasteiger partial charge in [-0.05, 0) is 36.5 Å². The monoisotopic (exact) mass is 268 g/mol. The van der Waals surface area contributed by atoms with Gasteiger partial charge in [-0.15, -0.1) is 0 Å². The number of rotatable bonds is 2. The maximum Gasteiger partial charge on any atom is 0.331 e. The van der Waals surface area contributed by atoms with E-state index in [1.807, 2.05) is 0 Å². The molecule has 1 heterocycles. The van der Waals surface area contributed by atoms with E-state index in [1.54, 1.807) is 6.08 Å². The average molecular weight is 268 g/mol. The molecule has 1 fully saturated rings. The van der Waals surface area contributed by atoms with Gasteiger partial charge in [0.05, 0.1) is 0 Å². The molecule has 102 valence electrons. The molecule has 0 aromatic rings. The second-order valence-electron chi connectivity index (χ2n) is 6.92. The first kappa shape index (κ1) is 13.8. The van der Waals surface area contributed by atoms with E-state index in [0.717, 1.165) is 24.8 Å². The molecule has 2 rings (SSSR count). The van der Waals surface area contributed by atoms with Crippen molar-refractivity contribution in [3.8, 4) is 0 Å². The van der Waals surface area contributed by atoms with Gasteiger partial charge in [0.25, 0.3) is 0 Å². The van der Waals surface area contributed by atoms with Crippen LogP contribution < -0.4 is 0 Å². The summed E-state index contributed by atoms with van der Waals surface area (Å²) in [7, 11) is -1.71. The van der Waals surface area contributed by atoms with E-state index in [0.29, 0.717) is 0 Å². The fourth-order valence-electron chi connectivity index (χ4n) is 2.31. The minimum Gasteiger partial charge on any atom is -0.455 e. The number of fused-ring (bicyclic) bond motifs is 1. The van der Waals surface area contributed by atoms with E-state index < -0.39 is 8.32 Å². The van der Waals surface area contributed by atoms with E-state index in [-0.39, 0.29) is 23.2 Å². The third kappa shape index (κ3) is 2.69. The summed E-state index contributed by atoms with van der Waals surface area (Å²) in [6.45, 7) is 11.3. The smallest absolute Gasteiger partial charge is 0.331 e. The Morgan fingerprint density at radius 3 is 2.67 bits per heavy atom. The predicted molar refractivity (Wildman–Crippen MR) is 73.9 cm³/mol. The third-order valence-electron chi connectivity index (χ3n) is 4.47. The average Bonchev–Trinajstić information content (AvgIpc) is 2.54. The molecule has 0 amide bonds. The molecule has 0 N–H and O–H groups in total. The summed E-state index contributed by atoms with van der Waals surface area (Å²) in [5, 5.41) is 0.232. The van der Waals surface area contributed by atoms with Crippen molar-refractivity contribution >= 4 is 14.3 Å². The zero-order valence-electron chi connectivity index (χ0n) is 12.1. The van der Waals surface area contributed by atoms with Gasteiger partial charge in [0.2, 0.25) is 0 Å². The molecule has 0 aromatic carbocycles. The molecule has 2 atom stereocenters. The molecule has 1 aliphatic carbocycles. The second-order valence-corrected chi connectivity index (χ2v) is 11.7. The maximum atomic E-state index is 11.2. The van der Waals surface area contributed by atoms with Crippen LogP contribution in [0.1, 0.15) is 40.0 Å². The van der Waals surface area contributed by atoms with Crippen LogP contribution in [0.2, 0.25) is 18.1 Å². The Hall–Kier alpha value is -0.613. The number of carbonyl (C=O) groups is 1. The number of esters is 1. The molecule has 0 unspecified atom stereocenters. The maximum absolute atomic E-state index is 11.2. The summed E-state index contributed by atoms with van der Waals surface area (Å²) in [6.07, 6.45) is 4.69. The SMILES string of the molecule is CC(C)(C)[Si](C)(C)O[C@@H]1CCC2=CC(=O)O[C@H]2C1. The van der Waals surface area contributed by atoms with Crippen molar-refractivity contribution in [3.05, 3.63) is 11.6 Å². The summed E-state index contributed by atoms with van der Waals surface area (Å²) in [5.41, 5.74) is 1.16. The zero-order valence-corrected chi connectivity index (χ0v) is 13.1. The summed E-state index contributed by atoms with van der Waals surface area (Å²) >= 11 is 0. The Labute approximate surface area is 111 Å². The Bertz CT molecular complexity index is 379. The number of hydrogen-bond acceptors (Lipinski definition) is 3. The molecule has 0 spiro atoms. The summed E-state index contributed by atoms with van der Waals surface area (Å²) in [6, 6.07) is 0. The molecule has 0 radical (unpaired) electrons. The molecule has 1 aliphatic heterocycles. The van der Waals surface area contributed by atoms with Crippen LogP contribution in [0.15, 0.2) is 11.6 Å². The fourth-order valence-corrected chi connectivity index (χ4v) is 3.71. The van der Waals surface area contributed by atoms with Crippen LogP contribution in [-0.2, 0) is 14.0 Å². The quantitative estimate of drug-likeness (QED) is 0.568. The van der Waals surface area contributed by atoms with Gasteiger partial charge < -0.3 is 9.16 Å². The van der Waals surface area contributed by atoms with E-state index in [9.17, 15) is 4.79 Å². The molecular weight excluding hydrogens is 244 g/mol. The minimum absolute atomic E-state index is 0.0129. The van der Waals surface area contributed by atoms with Crippen molar-refractivity contribution in [2.45, 2.75) is 70.4 Å². The van der Waals surface area contributed by atoms with Gasteiger partial charge in [-0.3, -0.25) is 0 Å². The molecule has 4 heteroatoms. The van der Waals surface area contributed by atoms with E-state index in [2.05, 4.69) is 33.9 Å². The van der Waals surface area contributed by atoms with Gasteiger partial charge >= 0.3 is 5.97 Å². The lowest BCUT2D eigenvalue weighted by atomic mass is 9.91. The summed E-state index contributed by atoms with van der Waals surface area (Å²) in [5.74, 6) is -0.178. The topological polar surface area (TPSA) is 35.5 Å². The van der Waals surface area contributed by atoms with Crippen LogP contribution in [0.3, 0.4) is 0 Å².